The van der Waals surface area contributed by atoms with Crippen molar-refractivity contribution in [2.24, 2.45) is 0 Å². The lowest BCUT2D eigenvalue weighted by molar-refractivity contribution is -0.380. The number of nitro groups is 1. The fourth-order valence-electron chi connectivity index (χ4n) is 1.58. The summed E-state index contributed by atoms with van der Waals surface area (Å²) in [5.41, 5.74) is -0.613. The second-order valence-electron chi connectivity index (χ2n) is 5.66. The van der Waals surface area contributed by atoms with E-state index in [0.29, 0.717) is 4.88 Å². The van der Waals surface area contributed by atoms with Crippen molar-refractivity contribution < 1.29 is 24.7 Å². The predicted octanol–water partition coefficient (Wildman–Crippen LogP) is 1.97. The van der Waals surface area contributed by atoms with E-state index < -0.39 is 28.8 Å². The van der Waals surface area contributed by atoms with Gasteiger partial charge in [0.1, 0.15) is 11.7 Å². The van der Waals surface area contributed by atoms with Crippen LogP contribution in [0.5, 0.6) is 0 Å². The maximum atomic E-state index is 11.4. The molecule has 2 unspecified atom stereocenters. The van der Waals surface area contributed by atoms with Crippen molar-refractivity contribution in [2.75, 3.05) is 6.54 Å². The van der Waals surface area contributed by atoms with Gasteiger partial charge in [-0.05, 0) is 33.3 Å². The first-order valence-electron chi connectivity index (χ1n) is 6.67. The minimum absolute atomic E-state index is 0.0894. The van der Waals surface area contributed by atoms with Gasteiger partial charge in [0.05, 0.1) is 11.0 Å². The lowest BCUT2D eigenvalue weighted by Gasteiger charge is -2.20. The SMILES string of the molecule is CC(C)(C)OC(=O)NCCC(O)C(O)c1ccc([N+](=O)[O-])s1. The molecule has 1 rings (SSSR count). The van der Waals surface area contributed by atoms with Gasteiger partial charge in [-0.2, -0.15) is 0 Å². The first-order chi connectivity index (χ1) is 10.1. The van der Waals surface area contributed by atoms with Gasteiger partial charge in [-0.3, -0.25) is 10.1 Å². The Hall–Kier alpha value is -1.71. The fraction of sp³-hybridized carbons (Fsp3) is 0.615. The number of hydrogen-bond acceptors (Lipinski definition) is 7. The number of nitrogens with one attached hydrogen (secondary N) is 1. The molecule has 1 aromatic heterocycles. The molecule has 0 aliphatic rings. The number of hydrogen-bond donors (Lipinski definition) is 3. The van der Waals surface area contributed by atoms with E-state index in [9.17, 15) is 25.1 Å². The molecule has 0 aromatic carbocycles. The summed E-state index contributed by atoms with van der Waals surface area (Å²) in [5.74, 6) is 0. The van der Waals surface area contributed by atoms with Crippen LogP contribution in [0, 0.1) is 10.1 Å². The summed E-state index contributed by atoms with van der Waals surface area (Å²) in [6.07, 6.45) is -2.90. The Bertz CT molecular complexity index is 525. The normalized spacial score (nSPS) is 14.2. The van der Waals surface area contributed by atoms with Gasteiger partial charge < -0.3 is 20.3 Å². The number of alkyl carbamates (subject to hydrolysis) is 1. The highest BCUT2D eigenvalue weighted by Crippen LogP contribution is 2.30. The third kappa shape index (κ3) is 5.96. The molecule has 8 nitrogen and oxygen atoms in total. The average molecular weight is 332 g/mol. The lowest BCUT2D eigenvalue weighted by Crippen LogP contribution is -2.34. The number of thiophene rings is 1. The summed E-state index contributed by atoms with van der Waals surface area (Å²) in [5, 5.41) is 32.7. The molecule has 0 saturated carbocycles. The Morgan fingerprint density at radius 3 is 2.59 bits per heavy atom. The number of nitrogens with zero attached hydrogens (tertiary/aromatic N) is 1. The molecule has 0 fully saturated rings. The summed E-state index contributed by atoms with van der Waals surface area (Å²) in [4.78, 5) is 21.7. The van der Waals surface area contributed by atoms with Crippen molar-refractivity contribution in [1.82, 2.24) is 5.32 Å². The number of carbonyl (C=O) groups is 1. The van der Waals surface area contributed by atoms with Crippen molar-refractivity contribution >= 4 is 22.4 Å². The van der Waals surface area contributed by atoms with Gasteiger partial charge in [0.2, 0.25) is 0 Å². The van der Waals surface area contributed by atoms with E-state index in [4.69, 9.17) is 4.74 Å². The summed E-state index contributed by atoms with van der Waals surface area (Å²) < 4.78 is 5.03. The zero-order chi connectivity index (χ0) is 16.9. The van der Waals surface area contributed by atoms with E-state index in [0.717, 1.165) is 11.3 Å². The van der Waals surface area contributed by atoms with Crippen molar-refractivity contribution in [1.29, 1.82) is 0 Å². The van der Waals surface area contributed by atoms with Gasteiger partial charge in [0.25, 0.3) is 0 Å². The van der Waals surface area contributed by atoms with Gasteiger partial charge >= 0.3 is 11.1 Å². The van der Waals surface area contributed by atoms with Crippen LogP contribution in [0.25, 0.3) is 0 Å². The van der Waals surface area contributed by atoms with E-state index in [1.54, 1.807) is 20.8 Å². The number of aliphatic hydroxyl groups excluding tert-OH is 2. The minimum atomic E-state index is -1.24. The molecule has 124 valence electrons. The molecule has 1 aromatic rings. The Labute approximate surface area is 131 Å². The lowest BCUT2D eigenvalue weighted by atomic mass is 10.1. The van der Waals surface area contributed by atoms with Gasteiger partial charge in [-0.25, -0.2) is 4.79 Å². The van der Waals surface area contributed by atoms with E-state index in [2.05, 4.69) is 5.32 Å². The highest BCUT2D eigenvalue weighted by atomic mass is 32.1. The third-order valence-corrected chi connectivity index (χ3v) is 3.66. The molecule has 0 radical (unpaired) electrons. The Morgan fingerprint density at radius 2 is 2.09 bits per heavy atom. The topological polar surface area (TPSA) is 122 Å². The van der Waals surface area contributed by atoms with Crippen LogP contribution in [0.2, 0.25) is 0 Å². The minimum Gasteiger partial charge on any atom is -0.444 e. The fourth-order valence-corrected chi connectivity index (χ4v) is 2.45. The molecule has 0 saturated heterocycles. The molecule has 22 heavy (non-hydrogen) atoms. The standard InChI is InChI=1S/C13H20N2O6S/c1-13(2,3)21-12(18)14-7-6-8(16)11(17)9-4-5-10(22-9)15(19)20/h4-5,8,11,16-17H,6-7H2,1-3H3,(H,14,18). The summed E-state index contributed by atoms with van der Waals surface area (Å²) in [6.45, 7) is 5.30. The number of aliphatic hydroxyl groups is 2. The molecule has 1 amide bonds. The molecular formula is C13H20N2O6S. The molecule has 3 N–H and O–H groups in total. The van der Waals surface area contributed by atoms with Crippen LogP contribution in [0.15, 0.2) is 12.1 Å². The Kier molecular flexibility index (Phi) is 6.27. The van der Waals surface area contributed by atoms with E-state index in [1.807, 2.05) is 0 Å². The summed E-state index contributed by atoms with van der Waals surface area (Å²) in [6, 6.07) is 2.67. The smallest absolute Gasteiger partial charge is 0.407 e. The van der Waals surface area contributed by atoms with Crippen LogP contribution in [-0.4, -0.2) is 39.5 Å². The van der Waals surface area contributed by atoms with Crippen LogP contribution in [0.1, 0.15) is 38.2 Å². The van der Waals surface area contributed by atoms with Crippen LogP contribution in [-0.2, 0) is 4.74 Å². The molecule has 1 heterocycles. The molecule has 0 bridgehead atoms. The van der Waals surface area contributed by atoms with Gasteiger partial charge in [-0.15, -0.1) is 0 Å². The molecule has 0 aliphatic heterocycles. The van der Waals surface area contributed by atoms with Crippen molar-refractivity contribution in [3.8, 4) is 0 Å². The van der Waals surface area contributed by atoms with E-state index in [-0.39, 0.29) is 18.0 Å². The first kappa shape index (κ1) is 18.3. The molecule has 0 aliphatic carbocycles. The average Bonchev–Trinajstić information content (AvgIpc) is 2.85. The number of ether oxygens (including phenoxy) is 1. The highest BCUT2D eigenvalue weighted by Gasteiger charge is 2.23. The maximum Gasteiger partial charge on any atom is 0.407 e. The Morgan fingerprint density at radius 1 is 1.45 bits per heavy atom. The van der Waals surface area contributed by atoms with Gasteiger partial charge in [0, 0.05) is 17.5 Å². The van der Waals surface area contributed by atoms with Gasteiger partial charge in [0.15, 0.2) is 0 Å². The highest BCUT2D eigenvalue weighted by molar-refractivity contribution is 7.15. The first-order valence-corrected chi connectivity index (χ1v) is 7.49. The quantitative estimate of drug-likeness (QED) is 0.541. The molecular weight excluding hydrogens is 312 g/mol. The van der Waals surface area contributed by atoms with Crippen molar-refractivity contribution in [3.63, 3.8) is 0 Å². The molecule has 2 atom stereocenters. The largest absolute Gasteiger partial charge is 0.444 e. The van der Waals surface area contributed by atoms with Gasteiger partial charge in [-0.1, -0.05) is 11.3 Å². The summed E-state index contributed by atoms with van der Waals surface area (Å²) >= 11 is 0.804. The number of carbonyl (C=O) groups excluding carboxylic acids is 1. The van der Waals surface area contributed by atoms with Crippen molar-refractivity contribution in [2.45, 2.75) is 45.0 Å². The van der Waals surface area contributed by atoms with Crippen LogP contribution in [0.4, 0.5) is 9.80 Å². The van der Waals surface area contributed by atoms with Crippen molar-refractivity contribution in [3.05, 3.63) is 27.1 Å². The molecule has 9 heteroatoms. The third-order valence-electron chi connectivity index (χ3n) is 2.56. The van der Waals surface area contributed by atoms with E-state index in [1.165, 1.54) is 12.1 Å². The zero-order valence-electron chi connectivity index (χ0n) is 12.6. The van der Waals surface area contributed by atoms with Crippen LogP contribution >= 0.6 is 11.3 Å². The monoisotopic (exact) mass is 332 g/mol. The number of amides is 1. The predicted molar refractivity (Wildman–Crippen MR) is 80.8 cm³/mol. The zero-order valence-corrected chi connectivity index (χ0v) is 13.4. The number of rotatable bonds is 6. The summed E-state index contributed by atoms with van der Waals surface area (Å²) in [7, 11) is 0. The maximum absolute atomic E-state index is 11.4. The Balaban J connectivity index is 2.42. The van der Waals surface area contributed by atoms with E-state index >= 15 is 0 Å². The second kappa shape index (κ2) is 7.52. The van der Waals surface area contributed by atoms with Crippen LogP contribution < -0.4 is 5.32 Å². The van der Waals surface area contributed by atoms with Crippen LogP contribution in [0.3, 0.4) is 0 Å². The second-order valence-corrected chi connectivity index (χ2v) is 6.76. The molecule has 0 spiro atoms.